The van der Waals surface area contributed by atoms with Gasteiger partial charge in [-0.3, -0.25) is 4.99 Å². The first-order valence-corrected chi connectivity index (χ1v) is 8.18. The van der Waals surface area contributed by atoms with Gasteiger partial charge in [0.05, 0.1) is 0 Å². The molecule has 2 rings (SSSR count). The number of amidine groups is 1. The maximum atomic E-state index is 4.69. The SMILES string of the molecule is C/N=C1/C2CCCC(C)(C)CCC2CCN1C(C)C. The Morgan fingerprint density at radius 2 is 1.89 bits per heavy atom. The molecule has 19 heavy (non-hydrogen) atoms. The lowest BCUT2D eigenvalue weighted by atomic mass is 9.70. The molecule has 2 aliphatic rings. The minimum atomic E-state index is 0.559. The number of hydrogen-bond donors (Lipinski definition) is 0. The van der Waals surface area contributed by atoms with Crippen molar-refractivity contribution in [2.75, 3.05) is 13.6 Å². The van der Waals surface area contributed by atoms with Crippen LogP contribution in [0.15, 0.2) is 4.99 Å². The molecule has 0 spiro atoms. The normalized spacial score (nSPS) is 34.0. The average Bonchev–Trinajstić information content (AvgIpc) is 2.34. The van der Waals surface area contributed by atoms with Gasteiger partial charge >= 0.3 is 0 Å². The van der Waals surface area contributed by atoms with E-state index in [1.54, 1.807) is 0 Å². The Hall–Kier alpha value is -0.530. The summed E-state index contributed by atoms with van der Waals surface area (Å²) in [5.41, 5.74) is 0.559. The summed E-state index contributed by atoms with van der Waals surface area (Å²) in [6, 6.07) is 0.599. The molecule has 2 fully saturated rings. The summed E-state index contributed by atoms with van der Waals surface area (Å²) in [7, 11) is 2.00. The molecule has 2 nitrogen and oxygen atoms in total. The van der Waals surface area contributed by atoms with Gasteiger partial charge in [0.25, 0.3) is 0 Å². The molecule has 2 atom stereocenters. The zero-order chi connectivity index (χ0) is 14.0. The summed E-state index contributed by atoms with van der Waals surface area (Å²) in [6.45, 7) is 10.7. The van der Waals surface area contributed by atoms with Crippen LogP contribution in [0, 0.1) is 17.3 Å². The molecule has 0 N–H and O–H groups in total. The number of aliphatic imine (C=N–C) groups is 1. The standard InChI is InChI=1S/C17H32N2/c1-13(2)19-12-9-14-8-11-17(3,4)10-6-7-15(14)16(19)18-5/h13-15H,6-12H2,1-5H3/b18-16-. The van der Waals surface area contributed by atoms with Crippen LogP contribution in [0.4, 0.5) is 0 Å². The monoisotopic (exact) mass is 264 g/mol. The fourth-order valence-electron chi connectivity index (χ4n) is 4.07. The number of nitrogens with zero attached hydrogens (tertiary/aromatic N) is 2. The lowest BCUT2D eigenvalue weighted by Crippen LogP contribution is -2.49. The Balaban J connectivity index is 2.13. The number of hydrogen-bond acceptors (Lipinski definition) is 1. The highest BCUT2D eigenvalue weighted by Crippen LogP contribution is 2.41. The Kier molecular flexibility index (Phi) is 4.58. The van der Waals surface area contributed by atoms with Crippen LogP contribution in [-0.4, -0.2) is 30.4 Å². The van der Waals surface area contributed by atoms with E-state index in [1.807, 2.05) is 7.05 Å². The molecule has 0 aromatic carbocycles. The van der Waals surface area contributed by atoms with E-state index in [-0.39, 0.29) is 0 Å². The van der Waals surface area contributed by atoms with Gasteiger partial charge in [-0.25, -0.2) is 0 Å². The van der Waals surface area contributed by atoms with Crippen molar-refractivity contribution in [3.05, 3.63) is 0 Å². The van der Waals surface area contributed by atoms with E-state index in [2.05, 4.69) is 37.6 Å². The van der Waals surface area contributed by atoms with E-state index in [1.165, 1.54) is 50.9 Å². The Morgan fingerprint density at radius 3 is 2.53 bits per heavy atom. The van der Waals surface area contributed by atoms with Gasteiger partial charge < -0.3 is 4.90 Å². The van der Waals surface area contributed by atoms with Crippen molar-refractivity contribution in [3.63, 3.8) is 0 Å². The van der Waals surface area contributed by atoms with Crippen molar-refractivity contribution in [2.24, 2.45) is 22.2 Å². The topological polar surface area (TPSA) is 15.6 Å². The molecule has 0 aromatic heterocycles. The number of fused-ring (bicyclic) bond motifs is 1. The molecule has 110 valence electrons. The van der Waals surface area contributed by atoms with E-state index >= 15 is 0 Å². The highest BCUT2D eigenvalue weighted by molar-refractivity contribution is 5.85. The zero-order valence-corrected chi connectivity index (χ0v) is 13.6. The first-order valence-electron chi connectivity index (χ1n) is 8.18. The van der Waals surface area contributed by atoms with Gasteiger partial charge in [-0.05, 0) is 57.3 Å². The summed E-state index contributed by atoms with van der Waals surface area (Å²) >= 11 is 0. The van der Waals surface area contributed by atoms with Crippen LogP contribution in [0.3, 0.4) is 0 Å². The predicted molar refractivity (Wildman–Crippen MR) is 83.7 cm³/mol. The molecule has 0 amide bonds. The van der Waals surface area contributed by atoms with Crippen LogP contribution in [0.5, 0.6) is 0 Å². The number of rotatable bonds is 1. The molecule has 2 heteroatoms. The van der Waals surface area contributed by atoms with Crippen LogP contribution < -0.4 is 0 Å². The molecule has 0 radical (unpaired) electrons. The average molecular weight is 264 g/mol. The summed E-state index contributed by atoms with van der Waals surface area (Å²) in [5.74, 6) is 3.02. The van der Waals surface area contributed by atoms with E-state index < -0.39 is 0 Å². The van der Waals surface area contributed by atoms with E-state index in [0.717, 1.165) is 11.8 Å². The first-order chi connectivity index (χ1) is 8.94. The van der Waals surface area contributed by atoms with Crippen molar-refractivity contribution < 1.29 is 0 Å². The summed E-state index contributed by atoms with van der Waals surface area (Å²) in [4.78, 5) is 7.24. The van der Waals surface area contributed by atoms with Crippen LogP contribution in [-0.2, 0) is 0 Å². The predicted octanol–water partition coefficient (Wildman–Crippen LogP) is 4.35. The van der Waals surface area contributed by atoms with Crippen molar-refractivity contribution in [1.82, 2.24) is 4.90 Å². The van der Waals surface area contributed by atoms with Crippen LogP contribution in [0.1, 0.15) is 66.2 Å². The van der Waals surface area contributed by atoms with Gasteiger partial charge in [0, 0.05) is 25.6 Å². The summed E-state index contributed by atoms with van der Waals surface area (Å²) in [5, 5.41) is 0. The van der Waals surface area contributed by atoms with Crippen molar-refractivity contribution in [1.29, 1.82) is 0 Å². The number of piperidine rings is 1. The van der Waals surface area contributed by atoms with Gasteiger partial charge in [-0.2, -0.15) is 0 Å². The lowest BCUT2D eigenvalue weighted by molar-refractivity contribution is 0.157. The highest BCUT2D eigenvalue weighted by atomic mass is 15.2. The summed E-state index contributed by atoms with van der Waals surface area (Å²) in [6.07, 6.45) is 8.28. The summed E-state index contributed by atoms with van der Waals surface area (Å²) < 4.78 is 0. The molecule has 0 bridgehead atoms. The molecule has 1 aliphatic heterocycles. The second kappa shape index (κ2) is 5.85. The van der Waals surface area contributed by atoms with Crippen molar-refractivity contribution in [2.45, 2.75) is 72.3 Å². The molecule has 0 aromatic rings. The zero-order valence-electron chi connectivity index (χ0n) is 13.6. The smallest absolute Gasteiger partial charge is 0.102 e. The van der Waals surface area contributed by atoms with Crippen LogP contribution in [0.2, 0.25) is 0 Å². The van der Waals surface area contributed by atoms with Gasteiger partial charge in [0.15, 0.2) is 0 Å². The number of likely N-dealkylation sites (tertiary alicyclic amines) is 1. The third-order valence-electron chi connectivity index (χ3n) is 5.35. The quantitative estimate of drug-likeness (QED) is 0.687. The van der Waals surface area contributed by atoms with Gasteiger partial charge in [0.1, 0.15) is 5.84 Å². The van der Waals surface area contributed by atoms with Gasteiger partial charge in [-0.1, -0.05) is 20.3 Å². The van der Waals surface area contributed by atoms with Crippen LogP contribution in [0.25, 0.3) is 0 Å². The maximum Gasteiger partial charge on any atom is 0.102 e. The third kappa shape index (κ3) is 3.32. The Labute approximate surface area is 119 Å². The fraction of sp³-hybridized carbons (Fsp3) is 0.941. The Bertz CT molecular complexity index is 330. The molecule has 1 saturated heterocycles. The maximum absolute atomic E-state index is 4.69. The minimum absolute atomic E-state index is 0.559. The Morgan fingerprint density at radius 1 is 1.16 bits per heavy atom. The second-order valence-electron chi connectivity index (χ2n) is 7.62. The van der Waals surface area contributed by atoms with E-state index in [9.17, 15) is 0 Å². The lowest BCUT2D eigenvalue weighted by Gasteiger charge is -2.45. The minimum Gasteiger partial charge on any atom is -0.358 e. The third-order valence-corrected chi connectivity index (χ3v) is 5.35. The molecule has 2 unspecified atom stereocenters. The van der Waals surface area contributed by atoms with Gasteiger partial charge in [-0.15, -0.1) is 0 Å². The van der Waals surface area contributed by atoms with Crippen molar-refractivity contribution >= 4 is 5.84 Å². The largest absolute Gasteiger partial charge is 0.358 e. The van der Waals surface area contributed by atoms with E-state index in [4.69, 9.17) is 0 Å². The molecule has 1 saturated carbocycles. The first kappa shape index (κ1) is 14.9. The molecular weight excluding hydrogens is 232 g/mol. The van der Waals surface area contributed by atoms with Gasteiger partial charge in [0.2, 0.25) is 0 Å². The molecule has 1 heterocycles. The second-order valence-corrected chi connectivity index (χ2v) is 7.62. The molecular formula is C17H32N2. The van der Waals surface area contributed by atoms with E-state index in [0.29, 0.717) is 11.5 Å². The fourth-order valence-corrected chi connectivity index (χ4v) is 4.07. The highest BCUT2D eigenvalue weighted by Gasteiger charge is 2.37. The van der Waals surface area contributed by atoms with Crippen LogP contribution >= 0.6 is 0 Å². The molecule has 1 aliphatic carbocycles. The van der Waals surface area contributed by atoms with Crippen molar-refractivity contribution in [3.8, 4) is 0 Å².